The van der Waals surface area contributed by atoms with Crippen LogP contribution in [0.4, 0.5) is 5.69 Å². The Balaban J connectivity index is 1.54. The highest BCUT2D eigenvalue weighted by molar-refractivity contribution is 5.72. The number of ether oxygens (including phenoxy) is 2. The first kappa shape index (κ1) is 22.2. The quantitative estimate of drug-likeness (QED) is 0.262. The van der Waals surface area contributed by atoms with E-state index in [1.807, 2.05) is 18.2 Å². The van der Waals surface area contributed by atoms with Gasteiger partial charge in [0, 0.05) is 24.8 Å². The van der Waals surface area contributed by atoms with E-state index in [1.165, 1.54) is 16.8 Å². The summed E-state index contributed by atoms with van der Waals surface area (Å²) in [4.78, 5) is 2.41. The molecule has 0 aliphatic carbocycles. The molecule has 33 heavy (non-hydrogen) atoms. The highest BCUT2D eigenvalue weighted by Crippen LogP contribution is 2.25. The van der Waals surface area contributed by atoms with Crippen molar-refractivity contribution in [2.45, 2.75) is 13.1 Å². The second-order valence-electron chi connectivity index (χ2n) is 7.90. The molecule has 0 atom stereocenters. The summed E-state index contributed by atoms with van der Waals surface area (Å²) in [5, 5.41) is 0. The third-order valence-electron chi connectivity index (χ3n) is 5.53. The van der Waals surface area contributed by atoms with Crippen LogP contribution >= 0.6 is 0 Å². The molecule has 0 saturated carbocycles. The van der Waals surface area contributed by atoms with Gasteiger partial charge >= 0.3 is 0 Å². The number of hydrogen-bond donors (Lipinski definition) is 0. The fraction of sp³-hybridized carbons (Fsp3) is 0.133. The number of hydrogen-bond acceptors (Lipinski definition) is 3. The van der Waals surface area contributed by atoms with Crippen molar-refractivity contribution in [2.75, 3.05) is 19.1 Å². The first-order valence-electron chi connectivity index (χ1n) is 11.1. The normalized spacial score (nSPS) is 10.8. The SMILES string of the molecule is COc1cc(/C=C/c2ccc(N(Cc3ccccc3)Cc3ccccc3)cc2)cc(OC)c1. The van der Waals surface area contributed by atoms with Crippen LogP contribution in [0.15, 0.2) is 103 Å². The second kappa shape index (κ2) is 11.1. The molecule has 3 nitrogen and oxygen atoms in total. The molecular weight excluding hydrogens is 406 g/mol. The summed E-state index contributed by atoms with van der Waals surface area (Å²) in [5.41, 5.74) is 5.96. The van der Waals surface area contributed by atoms with E-state index >= 15 is 0 Å². The predicted molar refractivity (Wildman–Crippen MR) is 138 cm³/mol. The maximum Gasteiger partial charge on any atom is 0.123 e. The van der Waals surface area contributed by atoms with Gasteiger partial charge < -0.3 is 14.4 Å². The summed E-state index contributed by atoms with van der Waals surface area (Å²) < 4.78 is 10.7. The van der Waals surface area contributed by atoms with E-state index in [0.717, 1.165) is 35.7 Å². The van der Waals surface area contributed by atoms with Crippen molar-refractivity contribution in [3.63, 3.8) is 0 Å². The van der Waals surface area contributed by atoms with E-state index in [1.54, 1.807) is 14.2 Å². The molecule has 0 aliphatic rings. The number of nitrogens with zero attached hydrogens (tertiary/aromatic N) is 1. The minimum atomic E-state index is 0.779. The van der Waals surface area contributed by atoms with Crippen LogP contribution in [0.25, 0.3) is 12.2 Å². The van der Waals surface area contributed by atoms with E-state index in [-0.39, 0.29) is 0 Å². The zero-order valence-corrected chi connectivity index (χ0v) is 19.1. The van der Waals surface area contributed by atoms with Crippen LogP contribution in [0.1, 0.15) is 22.3 Å². The lowest BCUT2D eigenvalue weighted by Crippen LogP contribution is -2.22. The summed E-state index contributed by atoms with van der Waals surface area (Å²) in [7, 11) is 3.33. The molecule has 4 aromatic rings. The molecule has 166 valence electrons. The molecule has 0 bridgehead atoms. The summed E-state index contributed by atoms with van der Waals surface area (Å²) in [5.74, 6) is 1.56. The maximum atomic E-state index is 5.37. The van der Waals surface area contributed by atoms with Gasteiger partial charge in [0.15, 0.2) is 0 Å². The van der Waals surface area contributed by atoms with Gasteiger partial charge in [-0.05, 0) is 46.5 Å². The molecule has 4 rings (SSSR count). The first-order valence-corrected chi connectivity index (χ1v) is 11.1. The van der Waals surface area contributed by atoms with Gasteiger partial charge in [-0.3, -0.25) is 0 Å². The highest BCUT2D eigenvalue weighted by atomic mass is 16.5. The lowest BCUT2D eigenvalue weighted by molar-refractivity contribution is 0.394. The van der Waals surface area contributed by atoms with Crippen LogP contribution in [-0.4, -0.2) is 14.2 Å². The van der Waals surface area contributed by atoms with Gasteiger partial charge in [-0.2, -0.15) is 0 Å². The van der Waals surface area contributed by atoms with E-state index in [4.69, 9.17) is 9.47 Å². The Morgan fingerprint density at radius 2 is 1.06 bits per heavy atom. The molecule has 0 aromatic heterocycles. The summed E-state index contributed by atoms with van der Waals surface area (Å²) in [6.07, 6.45) is 4.18. The molecule has 3 heteroatoms. The molecule has 0 heterocycles. The Kier molecular flexibility index (Phi) is 7.44. The summed E-state index contributed by atoms with van der Waals surface area (Å²) in [6, 6.07) is 35.8. The average molecular weight is 436 g/mol. The van der Waals surface area contributed by atoms with Crippen LogP contribution < -0.4 is 14.4 Å². The molecule has 0 N–H and O–H groups in total. The lowest BCUT2D eigenvalue weighted by atomic mass is 10.1. The van der Waals surface area contributed by atoms with Gasteiger partial charge in [-0.15, -0.1) is 0 Å². The van der Waals surface area contributed by atoms with Gasteiger partial charge in [0.05, 0.1) is 14.2 Å². The second-order valence-corrected chi connectivity index (χ2v) is 7.90. The minimum Gasteiger partial charge on any atom is -0.497 e. The Bertz CT molecular complexity index is 1110. The topological polar surface area (TPSA) is 21.7 Å². The Morgan fingerprint density at radius 1 is 0.576 bits per heavy atom. The highest BCUT2D eigenvalue weighted by Gasteiger charge is 2.09. The molecule has 0 aliphatic heterocycles. The zero-order valence-electron chi connectivity index (χ0n) is 19.1. The standard InChI is InChI=1S/C30H29NO2/c1-32-29-19-27(20-30(21-29)33-2)14-13-24-15-17-28(18-16-24)31(22-25-9-5-3-6-10-25)23-26-11-7-4-8-12-26/h3-21H,22-23H2,1-2H3/b14-13+. The molecule has 0 fully saturated rings. The van der Waals surface area contributed by atoms with Crippen LogP contribution in [0.3, 0.4) is 0 Å². The predicted octanol–water partition coefficient (Wildman–Crippen LogP) is 7.08. The van der Waals surface area contributed by atoms with Gasteiger partial charge in [-0.1, -0.05) is 84.9 Å². The van der Waals surface area contributed by atoms with E-state index in [9.17, 15) is 0 Å². The molecule has 0 spiro atoms. The fourth-order valence-electron chi connectivity index (χ4n) is 3.76. The van der Waals surface area contributed by atoms with Gasteiger partial charge in [-0.25, -0.2) is 0 Å². The Hall–Kier alpha value is -3.98. The van der Waals surface area contributed by atoms with Crippen LogP contribution in [0, 0.1) is 0 Å². The Morgan fingerprint density at radius 3 is 1.55 bits per heavy atom. The monoisotopic (exact) mass is 435 g/mol. The van der Waals surface area contributed by atoms with Crippen molar-refractivity contribution in [2.24, 2.45) is 0 Å². The van der Waals surface area contributed by atoms with E-state index < -0.39 is 0 Å². The van der Waals surface area contributed by atoms with E-state index in [2.05, 4.69) is 102 Å². The maximum absolute atomic E-state index is 5.37. The molecule has 0 saturated heterocycles. The van der Waals surface area contributed by atoms with Crippen molar-refractivity contribution < 1.29 is 9.47 Å². The molecule has 4 aromatic carbocycles. The number of anilines is 1. The Labute approximate surface area is 196 Å². The van der Waals surface area contributed by atoms with Crippen molar-refractivity contribution >= 4 is 17.8 Å². The third kappa shape index (κ3) is 6.27. The van der Waals surface area contributed by atoms with Crippen molar-refractivity contribution in [3.8, 4) is 11.5 Å². The van der Waals surface area contributed by atoms with E-state index in [0.29, 0.717) is 0 Å². The smallest absolute Gasteiger partial charge is 0.123 e. The minimum absolute atomic E-state index is 0.779. The van der Waals surface area contributed by atoms with Crippen LogP contribution in [-0.2, 0) is 13.1 Å². The molecule has 0 radical (unpaired) electrons. The number of benzene rings is 4. The van der Waals surface area contributed by atoms with Crippen LogP contribution in [0.2, 0.25) is 0 Å². The summed E-state index contributed by atoms with van der Waals surface area (Å²) in [6.45, 7) is 1.71. The first-order chi connectivity index (χ1) is 16.2. The molecule has 0 unspecified atom stereocenters. The fourth-order valence-corrected chi connectivity index (χ4v) is 3.76. The van der Waals surface area contributed by atoms with Crippen molar-refractivity contribution in [1.82, 2.24) is 0 Å². The van der Waals surface area contributed by atoms with Gasteiger partial charge in [0.25, 0.3) is 0 Å². The largest absolute Gasteiger partial charge is 0.497 e. The van der Waals surface area contributed by atoms with Crippen LogP contribution in [0.5, 0.6) is 11.5 Å². The van der Waals surface area contributed by atoms with Gasteiger partial charge in [0.2, 0.25) is 0 Å². The molecular formula is C30H29NO2. The average Bonchev–Trinajstić information content (AvgIpc) is 2.88. The van der Waals surface area contributed by atoms with Crippen molar-refractivity contribution in [1.29, 1.82) is 0 Å². The zero-order chi connectivity index (χ0) is 22.9. The summed E-state index contributed by atoms with van der Waals surface area (Å²) >= 11 is 0. The molecule has 0 amide bonds. The number of rotatable bonds is 9. The lowest BCUT2D eigenvalue weighted by Gasteiger charge is -2.25. The third-order valence-corrected chi connectivity index (χ3v) is 5.53. The van der Waals surface area contributed by atoms with Gasteiger partial charge in [0.1, 0.15) is 11.5 Å². The number of methoxy groups -OCH3 is 2. The van der Waals surface area contributed by atoms with Crippen molar-refractivity contribution in [3.05, 3.63) is 125 Å².